The van der Waals surface area contributed by atoms with Crippen LogP contribution < -0.4 is 10.9 Å². The molecule has 0 saturated carbocycles. The lowest BCUT2D eigenvalue weighted by molar-refractivity contribution is 0.0940. The van der Waals surface area contributed by atoms with Gasteiger partial charge in [0.25, 0.3) is 5.91 Å². The number of phenolic OH excluding ortho intramolecular Hbond substituents is 1. The lowest BCUT2D eigenvalue weighted by Gasteiger charge is -2.11. The SMILES string of the molecule is C=C(NNC(=O)c1ccccc1O)c1c[nH]c2ccccc12. The number of H-pyrrole nitrogens is 1. The Morgan fingerprint density at radius 3 is 2.55 bits per heavy atom. The Labute approximate surface area is 127 Å². The Hall–Kier alpha value is -3.21. The van der Waals surface area contributed by atoms with E-state index in [0.29, 0.717) is 5.70 Å². The van der Waals surface area contributed by atoms with Crippen LogP contribution in [0.25, 0.3) is 16.6 Å². The third-order valence-corrected chi connectivity index (χ3v) is 3.39. The number of carbonyl (C=O) groups is 1. The summed E-state index contributed by atoms with van der Waals surface area (Å²) in [6.07, 6.45) is 1.83. The molecule has 1 aromatic heterocycles. The number of hydrogen-bond donors (Lipinski definition) is 4. The summed E-state index contributed by atoms with van der Waals surface area (Å²) in [5, 5.41) is 10.7. The van der Waals surface area contributed by atoms with Crippen molar-refractivity contribution < 1.29 is 9.90 Å². The van der Waals surface area contributed by atoms with Crippen molar-refractivity contribution in [2.24, 2.45) is 0 Å². The minimum absolute atomic E-state index is 0.0699. The molecule has 0 spiro atoms. The van der Waals surface area contributed by atoms with Gasteiger partial charge in [0.15, 0.2) is 0 Å². The molecule has 0 radical (unpaired) electrons. The highest BCUT2D eigenvalue weighted by Gasteiger charge is 2.11. The van der Waals surface area contributed by atoms with E-state index in [1.54, 1.807) is 18.2 Å². The molecule has 4 N–H and O–H groups in total. The molecule has 5 heteroatoms. The van der Waals surface area contributed by atoms with E-state index in [-0.39, 0.29) is 11.3 Å². The minimum atomic E-state index is -0.431. The molecule has 5 nitrogen and oxygen atoms in total. The molecule has 1 heterocycles. The van der Waals surface area contributed by atoms with E-state index in [1.165, 1.54) is 6.07 Å². The maximum Gasteiger partial charge on any atom is 0.273 e. The van der Waals surface area contributed by atoms with Crippen molar-refractivity contribution in [1.82, 2.24) is 15.8 Å². The summed E-state index contributed by atoms with van der Waals surface area (Å²) < 4.78 is 0. The number of amides is 1. The molecule has 0 aliphatic heterocycles. The highest BCUT2D eigenvalue weighted by molar-refractivity contribution is 5.97. The van der Waals surface area contributed by atoms with Crippen LogP contribution in [0.4, 0.5) is 0 Å². The number of para-hydroxylation sites is 2. The van der Waals surface area contributed by atoms with E-state index < -0.39 is 5.91 Å². The van der Waals surface area contributed by atoms with Gasteiger partial charge in [-0.15, -0.1) is 0 Å². The van der Waals surface area contributed by atoms with Crippen LogP contribution in [0.5, 0.6) is 5.75 Å². The van der Waals surface area contributed by atoms with Gasteiger partial charge in [-0.25, -0.2) is 0 Å². The number of aromatic amines is 1. The predicted octanol–water partition coefficient (Wildman–Crippen LogP) is 2.78. The zero-order valence-corrected chi connectivity index (χ0v) is 11.8. The van der Waals surface area contributed by atoms with Crippen molar-refractivity contribution >= 4 is 22.5 Å². The molecule has 0 saturated heterocycles. The summed E-state index contributed by atoms with van der Waals surface area (Å²) in [5.41, 5.74) is 7.92. The number of hydrazine groups is 1. The second-order valence-electron chi connectivity index (χ2n) is 4.82. The molecule has 110 valence electrons. The first kappa shape index (κ1) is 13.8. The summed E-state index contributed by atoms with van der Waals surface area (Å²) in [5.74, 6) is -0.501. The standard InChI is InChI=1S/C17H15N3O2/c1-11(14-10-18-15-8-4-2-6-12(14)15)19-20-17(22)13-7-3-5-9-16(13)21/h2-10,18-19,21H,1H2,(H,20,22). The fraction of sp³-hybridized carbons (Fsp3) is 0. The first-order valence-corrected chi connectivity index (χ1v) is 6.76. The quantitative estimate of drug-likeness (QED) is 0.559. The summed E-state index contributed by atoms with van der Waals surface area (Å²) in [6.45, 7) is 3.93. The summed E-state index contributed by atoms with van der Waals surface area (Å²) in [6, 6.07) is 14.2. The number of aromatic hydroxyl groups is 1. The number of nitrogens with one attached hydrogen (secondary N) is 3. The zero-order valence-electron chi connectivity index (χ0n) is 11.8. The number of aromatic nitrogens is 1. The predicted molar refractivity (Wildman–Crippen MR) is 86.0 cm³/mol. The monoisotopic (exact) mass is 293 g/mol. The van der Waals surface area contributed by atoms with E-state index in [2.05, 4.69) is 22.4 Å². The second-order valence-corrected chi connectivity index (χ2v) is 4.82. The molecular formula is C17H15N3O2. The van der Waals surface area contributed by atoms with Gasteiger partial charge in [-0.3, -0.25) is 15.6 Å². The molecule has 0 atom stereocenters. The fourth-order valence-corrected chi connectivity index (χ4v) is 2.25. The van der Waals surface area contributed by atoms with Gasteiger partial charge >= 0.3 is 0 Å². The van der Waals surface area contributed by atoms with Crippen LogP contribution in [-0.4, -0.2) is 16.0 Å². The summed E-state index contributed by atoms with van der Waals surface area (Å²) >= 11 is 0. The van der Waals surface area contributed by atoms with Crippen LogP contribution in [0.15, 0.2) is 61.3 Å². The molecular weight excluding hydrogens is 278 g/mol. The molecule has 0 aliphatic rings. The Balaban J connectivity index is 1.73. The number of phenols is 1. The topological polar surface area (TPSA) is 77.2 Å². The van der Waals surface area contributed by atoms with Gasteiger partial charge in [0, 0.05) is 22.7 Å². The molecule has 1 amide bonds. The van der Waals surface area contributed by atoms with Crippen molar-refractivity contribution in [2.45, 2.75) is 0 Å². The van der Waals surface area contributed by atoms with Crippen molar-refractivity contribution in [1.29, 1.82) is 0 Å². The Morgan fingerprint density at radius 2 is 1.73 bits per heavy atom. The highest BCUT2D eigenvalue weighted by atomic mass is 16.3. The molecule has 22 heavy (non-hydrogen) atoms. The van der Waals surface area contributed by atoms with Gasteiger partial charge in [0.1, 0.15) is 5.75 Å². The fourth-order valence-electron chi connectivity index (χ4n) is 2.25. The average molecular weight is 293 g/mol. The smallest absolute Gasteiger partial charge is 0.273 e. The van der Waals surface area contributed by atoms with E-state index in [9.17, 15) is 9.90 Å². The van der Waals surface area contributed by atoms with E-state index in [1.807, 2.05) is 30.5 Å². The van der Waals surface area contributed by atoms with Crippen LogP contribution in [0.3, 0.4) is 0 Å². The minimum Gasteiger partial charge on any atom is -0.507 e. The molecule has 2 aromatic carbocycles. The lowest BCUT2D eigenvalue weighted by atomic mass is 10.1. The summed E-state index contributed by atoms with van der Waals surface area (Å²) in [7, 11) is 0. The van der Waals surface area contributed by atoms with Crippen molar-refractivity contribution in [3.05, 3.63) is 72.4 Å². The first-order valence-electron chi connectivity index (χ1n) is 6.76. The number of benzene rings is 2. The van der Waals surface area contributed by atoms with Gasteiger partial charge in [0.05, 0.1) is 11.3 Å². The second kappa shape index (κ2) is 5.65. The average Bonchev–Trinajstić information content (AvgIpc) is 2.97. The van der Waals surface area contributed by atoms with Crippen LogP contribution in [-0.2, 0) is 0 Å². The zero-order chi connectivity index (χ0) is 15.5. The van der Waals surface area contributed by atoms with Gasteiger partial charge in [0.2, 0.25) is 0 Å². The first-order chi connectivity index (χ1) is 10.7. The van der Waals surface area contributed by atoms with Gasteiger partial charge in [-0.2, -0.15) is 0 Å². The number of hydrogen-bond acceptors (Lipinski definition) is 3. The number of fused-ring (bicyclic) bond motifs is 1. The Morgan fingerprint density at radius 1 is 1.00 bits per heavy atom. The van der Waals surface area contributed by atoms with Gasteiger partial charge < -0.3 is 10.1 Å². The third kappa shape index (κ3) is 2.52. The lowest BCUT2D eigenvalue weighted by Crippen LogP contribution is -2.35. The largest absolute Gasteiger partial charge is 0.507 e. The molecule has 3 aromatic rings. The number of rotatable bonds is 4. The number of carbonyl (C=O) groups excluding carboxylic acids is 1. The Kier molecular flexibility index (Phi) is 3.53. The van der Waals surface area contributed by atoms with E-state index in [4.69, 9.17) is 0 Å². The highest BCUT2D eigenvalue weighted by Crippen LogP contribution is 2.22. The maximum atomic E-state index is 12.0. The van der Waals surface area contributed by atoms with Crippen LogP contribution >= 0.6 is 0 Å². The van der Waals surface area contributed by atoms with Gasteiger partial charge in [-0.1, -0.05) is 36.9 Å². The molecule has 0 unspecified atom stereocenters. The maximum absolute atomic E-state index is 12.0. The molecule has 0 fully saturated rings. The van der Waals surface area contributed by atoms with Crippen LogP contribution in [0, 0.1) is 0 Å². The summed E-state index contributed by atoms with van der Waals surface area (Å²) in [4.78, 5) is 15.2. The van der Waals surface area contributed by atoms with E-state index in [0.717, 1.165) is 16.5 Å². The normalized spacial score (nSPS) is 10.4. The third-order valence-electron chi connectivity index (χ3n) is 3.39. The van der Waals surface area contributed by atoms with Crippen LogP contribution in [0.1, 0.15) is 15.9 Å². The molecule has 3 rings (SSSR count). The van der Waals surface area contributed by atoms with Crippen LogP contribution in [0.2, 0.25) is 0 Å². The van der Waals surface area contributed by atoms with Crippen molar-refractivity contribution in [2.75, 3.05) is 0 Å². The van der Waals surface area contributed by atoms with Crippen molar-refractivity contribution in [3.8, 4) is 5.75 Å². The van der Waals surface area contributed by atoms with Gasteiger partial charge in [-0.05, 0) is 18.2 Å². The molecule has 0 bridgehead atoms. The van der Waals surface area contributed by atoms with E-state index >= 15 is 0 Å². The molecule has 0 aliphatic carbocycles. The van der Waals surface area contributed by atoms with Crippen molar-refractivity contribution in [3.63, 3.8) is 0 Å². The Bertz CT molecular complexity index is 852.